The van der Waals surface area contributed by atoms with Crippen molar-refractivity contribution in [2.24, 2.45) is 0 Å². The van der Waals surface area contributed by atoms with Crippen LogP contribution in [0.1, 0.15) is 26.3 Å². The molecule has 0 fully saturated rings. The fourth-order valence-corrected chi connectivity index (χ4v) is 7.78. The van der Waals surface area contributed by atoms with Crippen LogP contribution in [0.2, 0.25) is 18.1 Å². The molecule has 0 bridgehead atoms. The van der Waals surface area contributed by atoms with Crippen LogP contribution in [0.5, 0.6) is 5.75 Å². The van der Waals surface area contributed by atoms with E-state index in [0.717, 1.165) is 5.75 Å². The van der Waals surface area contributed by atoms with E-state index in [0.29, 0.717) is 0 Å². The number of hydrogen-bond donors (Lipinski definition) is 0. The maximum absolute atomic E-state index is 6.03. The molecule has 136 valence electrons. The maximum atomic E-state index is 6.03. The van der Waals surface area contributed by atoms with E-state index in [1.54, 1.807) is 0 Å². The lowest BCUT2D eigenvalue weighted by Crippen LogP contribution is -2.51. The molecule has 0 N–H and O–H groups in total. The molecule has 2 aromatic rings. The highest BCUT2D eigenvalue weighted by molar-refractivity contribution is 6.94. The van der Waals surface area contributed by atoms with Gasteiger partial charge in [-0.3, -0.25) is 0 Å². The largest absolute Gasteiger partial charge is 0.496 e. The summed E-state index contributed by atoms with van der Waals surface area (Å²) in [5.74, 6) is 1.05. The van der Waals surface area contributed by atoms with E-state index in [2.05, 4.69) is 95.4 Å². The van der Waals surface area contributed by atoms with Crippen molar-refractivity contribution >= 4 is 13.3 Å². The van der Waals surface area contributed by atoms with E-state index in [1.165, 1.54) is 33.0 Å². The molecular weight excluding hydrogens is 332 g/mol. The van der Waals surface area contributed by atoms with Crippen molar-refractivity contribution in [3.63, 3.8) is 0 Å². The van der Waals surface area contributed by atoms with Gasteiger partial charge in [0.05, 0.1) is 15.2 Å². The van der Waals surface area contributed by atoms with Crippen LogP contribution in [-0.4, -0.2) is 15.2 Å². The van der Waals surface area contributed by atoms with E-state index in [1.807, 2.05) is 7.11 Å². The second kappa shape index (κ2) is 6.59. The van der Waals surface area contributed by atoms with Gasteiger partial charge in [-0.2, -0.15) is 0 Å². The summed E-state index contributed by atoms with van der Waals surface area (Å²) in [6.07, 6.45) is 4.72. The van der Waals surface area contributed by atoms with E-state index >= 15 is 0 Å². The molecule has 1 unspecified atom stereocenters. The van der Waals surface area contributed by atoms with Gasteiger partial charge < -0.3 is 4.74 Å². The topological polar surface area (TPSA) is 9.23 Å². The zero-order valence-electron chi connectivity index (χ0n) is 17.1. The first-order valence-corrected chi connectivity index (χ1v) is 12.3. The van der Waals surface area contributed by atoms with Gasteiger partial charge in [0.25, 0.3) is 0 Å². The van der Waals surface area contributed by atoms with E-state index in [9.17, 15) is 0 Å². The Morgan fingerprint density at radius 3 is 2.15 bits per heavy atom. The summed E-state index contributed by atoms with van der Waals surface area (Å²) < 4.78 is 6.03. The van der Waals surface area contributed by atoms with Gasteiger partial charge in [0.15, 0.2) is 0 Å². The maximum Gasteiger partial charge on any atom is 0.125 e. The highest BCUT2D eigenvalue weighted by Crippen LogP contribution is 2.51. The monoisotopic (exact) mass is 362 g/mol. The Labute approximate surface area is 159 Å². The summed E-state index contributed by atoms with van der Waals surface area (Å²) in [5, 5.41) is 1.51. The molecule has 3 rings (SSSR count). The van der Waals surface area contributed by atoms with Crippen molar-refractivity contribution in [2.75, 3.05) is 7.11 Å². The second-order valence-electron chi connectivity index (χ2n) is 8.23. The van der Waals surface area contributed by atoms with Crippen molar-refractivity contribution in [1.29, 1.82) is 0 Å². The highest BCUT2D eigenvalue weighted by atomic mass is 28.3. The van der Waals surface area contributed by atoms with Crippen LogP contribution in [0.3, 0.4) is 0 Å². The lowest BCUT2D eigenvalue weighted by Gasteiger charge is -2.42. The minimum Gasteiger partial charge on any atom is -0.496 e. The fraction of sp³-hybridized carbons (Fsp3) is 0.333. The lowest BCUT2D eigenvalue weighted by molar-refractivity contribution is 0.419. The molecule has 1 atom stereocenters. The third-order valence-corrected chi connectivity index (χ3v) is 11.4. The second-order valence-corrected chi connectivity index (χ2v) is 13.1. The molecule has 1 aliphatic rings. The number of hydrogen-bond acceptors (Lipinski definition) is 1. The number of methoxy groups -OCH3 is 1. The van der Waals surface area contributed by atoms with Crippen LogP contribution in [0, 0.1) is 6.92 Å². The fourth-order valence-electron chi connectivity index (χ4n) is 4.20. The summed E-state index contributed by atoms with van der Waals surface area (Å²) in [7, 11) is -0.0950. The number of benzene rings is 2. The zero-order chi connectivity index (χ0) is 19.1. The Morgan fingerprint density at radius 1 is 0.962 bits per heavy atom. The summed E-state index contributed by atoms with van der Waals surface area (Å²) in [6.45, 7) is 14.1. The van der Waals surface area contributed by atoms with Gasteiger partial charge in [0.2, 0.25) is 0 Å². The quantitative estimate of drug-likeness (QED) is 0.584. The molecule has 0 saturated heterocycles. The lowest BCUT2D eigenvalue weighted by atomic mass is 10.0. The molecule has 0 aliphatic heterocycles. The van der Waals surface area contributed by atoms with Crippen molar-refractivity contribution in [3.8, 4) is 16.9 Å². The Bertz CT molecular complexity index is 890. The van der Waals surface area contributed by atoms with Crippen LogP contribution in [-0.2, 0) is 0 Å². The van der Waals surface area contributed by atoms with Crippen molar-refractivity contribution in [2.45, 2.75) is 45.8 Å². The number of rotatable bonds is 4. The van der Waals surface area contributed by atoms with Gasteiger partial charge in [-0.05, 0) is 37.6 Å². The summed E-state index contributed by atoms with van der Waals surface area (Å²) in [5.41, 5.74) is 6.62. The molecule has 0 amide bonds. The van der Waals surface area contributed by atoms with Gasteiger partial charge in [0, 0.05) is 10.6 Å². The molecule has 26 heavy (non-hydrogen) atoms. The first-order valence-electron chi connectivity index (χ1n) is 9.34. The van der Waals surface area contributed by atoms with Gasteiger partial charge in [-0.1, -0.05) is 85.3 Å². The van der Waals surface area contributed by atoms with Gasteiger partial charge in [-0.25, -0.2) is 0 Å². The third kappa shape index (κ3) is 2.77. The van der Waals surface area contributed by atoms with Gasteiger partial charge in [-0.15, -0.1) is 0 Å². The number of allylic oxidation sites excluding steroid dienone is 4. The third-order valence-electron chi connectivity index (χ3n) is 6.53. The van der Waals surface area contributed by atoms with Crippen LogP contribution in [0.4, 0.5) is 0 Å². The van der Waals surface area contributed by atoms with Crippen LogP contribution < -0.4 is 9.92 Å². The van der Waals surface area contributed by atoms with Crippen LogP contribution in [0.15, 0.2) is 65.8 Å². The average Bonchev–Trinajstić information content (AvgIpc) is 2.90. The van der Waals surface area contributed by atoms with Crippen LogP contribution >= 0.6 is 0 Å². The van der Waals surface area contributed by atoms with Gasteiger partial charge in [0.1, 0.15) is 5.75 Å². The number of ether oxygens (including phenoxy) is 1. The number of aryl methyl sites for hydroxylation is 1. The molecule has 0 spiro atoms. The smallest absolute Gasteiger partial charge is 0.125 e. The van der Waals surface area contributed by atoms with E-state index in [4.69, 9.17) is 4.74 Å². The molecule has 0 saturated carbocycles. The molecule has 0 heterocycles. The molecule has 0 radical (unpaired) electrons. The molecular formula is C24H30OSi. The molecule has 0 aromatic heterocycles. The van der Waals surface area contributed by atoms with E-state index < -0.39 is 8.07 Å². The van der Waals surface area contributed by atoms with E-state index in [-0.39, 0.29) is 5.04 Å². The van der Waals surface area contributed by atoms with Crippen molar-refractivity contribution in [1.82, 2.24) is 0 Å². The molecule has 2 heteroatoms. The summed E-state index contributed by atoms with van der Waals surface area (Å²) in [4.78, 5) is 0. The molecule has 2 aromatic carbocycles. The zero-order valence-corrected chi connectivity index (χ0v) is 18.1. The van der Waals surface area contributed by atoms with Gasteiger partial charge >= 0.3 is 0 Å². The minimum atomic E-state index is -1.91. The van der Waals surface area contributed by atoms with Crippen LogP contribution in [0.25, 0.3) is 11.1 Å². The Kier molecular flexibility index (Phi) is 4.74. The first-order chi connectivity index (χ1) is 12.2. The normalized spacial score (nSPS) is 20.0. The first kappa shape index (κ1) is 18.7. The van der Waals surface area contributed by atoms with Crippen molar-refractivity contribution in [3.05, 3.63) is 71.3 Å². The Balaban J connectivity index is 2.26. The molecule has 1 nitrogen and oxygen atoms in total. The summed E-state index contributed by atoms with van der Waals surface area (Å²) >= 11 is 0. The molecule has 1 aliphatic carbocycles. The standard InChI is InChI=1S/C24H30OSi/c1-17-15-21(20-11-9-8-10-12-20)23(25-5)22(16-17)26(6,7)24(4)14-13-18(2)19(24)3/h8-16H,1-7H3. The highest BCUT2D eigenvalue weighted by Gasteiger charge is 2.47. The Morgan fingerprint density at radius 2 is 1.62 bits per heavy atom. The predicted molar refractivity (Wildman–Crippen MR) is 116 cm³/mol. The average molecular weight is 363 g/mol. The Hall–Kier alpha value is -2.06. The summed E-state index contributed by atoms with van der Waals surface area (Å²) in [6, 6.07) is 15.2. The van der Waals surface area contributed by atoms with Crippen molar-refractivity contribution < 1.29 is 4.74 Å². The minimum absolute atomic E-state index is 0.103. The SMILES string of the molecule is COc1c(-c2ccccc2)cc(C)cc1[Si](C)(C)C1(C)C=CC(C)=C1C. The predicted octanol–water partition coefficient (Wildman–Crippen LogP) is 6.25.